The number of hydrogen-bond acceptors (Lipinski definition) is 4. The van der Waals surface area contributed by atoms with Crippen LogP contribution in [0, 0.1) is 0 Å². The van der Waals surface area contributed by atoms with Gasteiger partial charge in [0.1, 0.15) is 6.10 Å². The highest BCUT2D eigenvalue weighted by molar-refractivity contribution is 7.99. The Morgan fingerprint density at radius 3 is 3.05 bits per heavy atom. The summed E-state index contributed by atoms with van der Waals surface area (Å²) >= 11 is 1.96. The van der Waals surface area contributed by atoms with Crippen molar-refractivity contribution in [1.82, 2.24) is 0 Å². The summed E-state index contributed by atoms with van der Waals surface area (Å²) in [5.74, 6) is 3.93. The Kier molecular flexibility index (Phi) is 5.61. The molecule has 0 saturated carbocycles. The minimum Gasteiger partial charge on any atom is -0.492 e. The third-order valence-electron chi connectivity index (χ3n) is 3.06. The zero-order valence-corrected chi connectivity index (χ0v) is 12.1. The maximum atomic E-state index is 6.09. The van der Waals surface area contributed by atoms with Crippen molar-refractivity contribution >= 4 is 17.8 Å². The number of ether oxygens (including phenoxy) is 2. The van der Waals surface area contributed by atoms with Crippen molar-refractivity contribution in [2.24, 2.45) is 5.73 Å². The van der Waals surface area contributed by atoms with Crippen molar-refractivity contribution in [3.05, 3.63) is 29.8 Å². The van der Waals surface area contributed by atoms with Crippen LogP contribution >= 0.6 is 11.8 Å². The molecule has 0 aliphatic carbocycles. The van der Waals surface area contributed by atoms with E-state index in [0.717, 1.165) is 29.2 Å². The van der Waals surface area contributed by atoms with E-state index in [-0.39, 0.29) is 0 Å². The Morgan fingerprint density at radius 2 is 2.37 bits per heavy atom. The van der Waals surface area contributed by atoms with E-state index in [2.05, 4.69) is 0 Å². The number of methoxy groups -OCH3 is 1. The summed E-state index contributed by atoms with van der Waals surface area (Å²) in [6, 6.07) is 5.97. The second-order valence-corrected chi connectivity index (χ2v) is 5.62. The molecule has 1 atom stereocenters. The average Bonchev–Trinajstić information content (AvgIpc) is 2.46. The van der Waals surface area contributed by atoms with Crippen molar-refractivity contribution < 1.29 is 9.47 Å². The smallest absolute Gasteiger partial charge is 0.167 e. The van der Waals surface area contributed by atoms with E-state index in [1.54, 1.807) is 7.11 Å². The molecule has 4 heteroatoms. The average molecular weight is 279 g/mol. The van der Waals surface area contributed by atoms with Gasteiger partial charge in [0.05, 0.1) is 7.11 Å². The number of thioether (sulfide) groups is 1. The molecule has 1 unspecified atom stereocenters. The minimum absolute atomic E-state index is 0.293. The standard InChI is InChI=1S/C15H21NO2S/c1-17-15-12(6-3-9-16)5-2-8-14(15)18-13-7-4-10-19-11-13/h2-3,5-6,8,13H,4,7,9-11,16H2,1H3/b6-3+. The lowest BCUT2D eigenvalue weighted by Gasteiger charge is -2.24. The zero-order valence-electron chi connectivity index (χ0n) is 11.3. The van der Waals surface area contributed by atoms with Gasteiger partial charge in [0.25, 0.3) is 0 Å². The van der Waals surface area contributed by atoms with Gasteiger partial charge in [-0.25, -0.2) is 0 Å². The van der Waals surface area contributed by atoms with Crippen molar-refractivity contribution in [3.8, 4) is 11.5 Å². The van der Waals surface area contributed by atoms with E-state index in [4.69, 9.17) is 15.2 Å². The van der Waals surface area contributed by atoms with Gasteiger partial charge in [0.2, 0.25) is 0 Å². The first-order chi connectivity index (χ1) is 9.35. The van der Waals surface area contributed by atoms with Crippen LogP contribution in [0.15, 0.2) is 24.3 Å². The predicted octanol–water partition coefficient (Wildman–Crippen LogP) is 2.94. The summed E-state index contributed by atoms with van der Waals surface area (Å²) in [5.41, 5.74) is 6.50. The molecule has 1 aliphatic rings. The van der Waals surface area contributed by atoms with Crippen molar-refractivity contribution in [1.29, 1.82) is 0 Å². The van der Waals surface area contributed by atoms with Crippen molar-refractivity contribution in [2.45, 2.75) is 18.9 Å². The molecule has 3 nitrogen and oxygen atoms in total. The second kappa shape index (κ2) is 7.46. The molecule has 2 N–H and O–H groups in total. The van der Waals surface area contributed by atoms with E-state index in [9.17, 15) is 0 Å². The van der Waals surface area contributed by atoms with Crippen molar-refractivity contribution in [2.75, 3.05) is 25.2 Å². The first-order valence-corrected chi connectivity index (χ1v) is 7.78. The molecule has 0 radical (unpaired) electrons. The van der Waals surface area contributed by atoms with E-state index in [0.29, 0.717) is 12.6 Å². The fraction of sp³-hybridized carbons (Fsp3) is 0.467. The molecular weight excluding hydrogens is 258 g/mol. The van der Waals surface area contributed by atoms with E-state index >= 15 is 0 Å². The largest absolute Gasteiger partial charge is 0.492 e. The Morgan fingerprint density at radius 1 is 1.47 bits per heavy atom. The lowest BCUT2D eigenvalue weighted by Crippen LogP contribution is -2.23. The normalized spacial score (nSPS) is 19.6. The highest BCUT2D eigenvalue weighted by atomic mass is 32.2. The van der Waals surface area contributed by atoms with Crippen LogP contribution in [0.4, 0.5) is 0 Å². The molecule has 1 aromatic rings. The number of hydrogen-bond donors (Lipinski definition) is 1. The quantitative estimate of drug-likeness (QED) is 0.900. The summed E-state index contributed by atoms with van der Waals surface area (Å²) in [7, 11) is 1.68. The van der Waals surface area contributed by atoms with Gasteiger partial charge < -0.3 is 15.2 Å². The Hall–Kier alpha value is -1.13. The van der Waals surface area contributed by atoms with Gasteiger partial charge in [-0.05, 0) is 24.7 Å². The monoisotopic (exact) mass is 279 g/mol. The Balaban J connectivity index is 2.16. The number of nitrogens with two attached hydrogens (primary N) is 1. The minimum atomic E-state index is 0.293. The third-order valence-corrected chi connectivity index (χ3v) is 4.24. The summed E-state index contributed by atoms with van der Waals surface area (Å²) in [4.78, 5) is 0. The third kappa shape index (κ3) is 3.91. The van der Waals surface area contributed by atoms with Crippen LogP contribution in [0.25, 0.3) is 6.08 Å². The van der Waals surface area contributed by atoms with Crippen LogP contribution < -0.4 is 15.2 Å². The number of rotatable bonds is 5. The highest BCUT2D eigenvalue weighted by Gasteiger charge is 2.18. The molecule has 1 aliphatic heterocycles. The Labute approximate surface area is 119 Å². The molecule has 0 amide bonds. The van der Waals surface area contributed by atoms with Crippen LogP contribution in [0.5, 0.6) is 11.5 Å². The molecular formula is C15H21NO2S. The predicted molar refractivity (Wildman–Crippen MR) is 82.1 cm³/mol. The van der Waals surface area contributed by atoms with Gasteiger partial charge in [-0.3, -0.25) is 0 Å². The number of benzene rings is 1. The SMILES string of the molecule is COc1c(/C=C/CN)cccc1OC1CCCSC1. The molecule has 104 valence electrons. The van der Waals surface area contributed by atoms with Gasteiger partial charge in [-0.15, -0.1) is 0 Å². The summed E-state index contributed by atoms with van der Waals surface area (Å²) in [6.45, 7) is 0.521. The first kappa shape index (κ1) is 14.3. The maximum absolute atomic E-state index is 6.09. The van der Waals surface area contributed by atoms with E-state index < -0.39 is 0 Å². The Bertz CT molecular complexity index is 428. The molecule has 1 saturated heterocycles. The van der Waals surface area contributed by atoms with Crippen LogP contribution in [-0.4, -0.2) is 31.3 Å². The lowest BCUT2D eigenvalue weighted by molar-refractivity contribution is 0.202. The molecule has 19 heavy (non-hydrogen) atoms. The summed E-state index contributed by atoms with van der Waals surface area (Å²) in [6.07, 6.45) is 6.53. The molecule has 1 fully saturated rings. The van der Waals surface area contributed by atoms with Gasteiger partial charge in [-0.1, -0.05) is 24.3 Å². The van der Waals surface area contributed by atoms with Gasteiger partial charge in [-0.2, -0.15) is 11.8 Å². The molecule has 1 aromatic carbocycles. The lowest BCUT2D eigenvalue weighted by atomic mass is 10.1. The number of para-hydroxylation sites is 1. The first-order valence-electron chi connectivity index (χ1n) is 6.63. The van der Waals surface area contributed by atoms with E-state index in [1.165, 1.54) is 12.2 Å². The van der Waals surface area contributed by atoms with Crippen LogP contribution in [0.3, 0.4) is 0 Å². The van der Waals surface area contributed by atoms with Crippen LogP contribution in [0.1, 0.15) is 18.4 Å². The highest BCUT2D eigenvalue weighted by Crippen LogP contribution is 2.34. The summed E-state index contributed by atoms with van der Waals surface area (Å²) < 4.78 is 11.6. The zero-order chi connectivity index (χ0) is 13.5. The van der Waals surface area contributed by atoms with Gasteiger partial charge in [0.15, 0.2) is 11.5 Å². The van der Waals surface area contributed by atoms with Crippen molar-refractivity contribution in [3.63, 3.8) is 0 Å². The van der Waals surface area contributed by atoms with Gasteiger partial charge >= 0.3 is 0 Å². The fourth-order valence-electron chi connectivity index (χ4n) is 2.15. The van der Waals surface area contributed by atoms with Crippen LogP contribution in [0.2, 0.25) is 0 Å². The molecule has 1 heterocycles. The fourth-order valence-corrected chi connectivity index (χ4v) is 3.19. The molecule has 0 bridgehead atoms. The second-order valence-electron chi connectivity index (χ2n) is 4.47. The summed E-state index contributed by atoms with van der Waals surface area (Å²) in [5, 5.41) is 0. The van der Waals surface area contributed by atoms with Gasteiger partial charge in [0, 0.05) is 17.9 Å². The maximum Gasteiger partial charge on any atom is 0.167 e. The van der Waals surface area contributed by atoms with E-state index in [1.807, 2.05) is 42.1 Å². The molecule has 0 aromatic heterocycles. The molecule has 0 spiro atoms. The van der Waals surface area contributed by atoms with Crippen LogP contribution in [-0.2, 0) is 0 Å². The molecule has 2 rings (SSSR count). The topological polar surface area (TPSA) is 44.5 Å².